The Kier molecular flexibility index (Phi) is 4.30. The average Bonchev–Trinajstić information content (AvgIpc) is 2.42. The molecule has 2 aromatic rings. The van der Waals surface area contributed by atoms with Crippen LogP contribution >= 0.6 is 34.8 Å². The molecule has 1 heterocycles. The number of pyridine rings is 1. The number of ether oxygens (including phenoxy) is 1. The summed E-state index contributed by atoms with van der Waals surface area (Å²) in [6.45, 7) is 0. The maximum atomic E-state index is 11.3. The summed E-state index contributed by atoms with van der Waals surface area (Å²) < 4.78 is 4.57. The van der Waals surface area contributed by atoms with Crippen LogP contribution < -0.4 is 0 Å². The van der Waals surface area contributed by atoms with Crippen LogP contribution in [0.3, 0.4) is 0 Å². The van der Waals surface area contributed by atoms with Crippen molar-refractivity contribution in [3.8, 4) is 11.1 Å². The van der Waals surface area contributed by atoms with E-state index in [0.29, 0.717) is 20.6 Å². The van der Waals surface area contributed by atoms with Gasteiger partial charge in [-0.1, -0.05) is 40.9 Å². The summed E-state index contributed by atoms with van der Waals surface area (Å²) in [5, 5.41) is 1.25. The number of hydrogen-bond donors (Lipinski definition) is 0. The predicted molar refractivity (Wildman–Crippen MR) is 76.0 cm³/mol. The summed E-state index contributed by atoms with van der Waals surface area (Å²) in [6.07, 6.45) is 1.53. The Bertz CT molecular complexity index is 627. The van der Waals surface area contributed by atoms with Crippen LogP contribution in [0.1, 0.15) is 10.5 Å². The molecule has 0 aliphatic carbocycles. The average molecular weight is 317 g/mol. The quantitative estimate of drug-likeness (QED) is 0.605. The van der Waals surface area contributed by atoms with Crippen molar-refractivity contribution in [2.45, 2.75) is 0 Å². The molecule has 1 aromatic heterocycles. The lowest BCUT2D eigenvalue weighted by Gasteiger charge is -2.07. The van der Waals surface area contributed by atoms with E-state index < -0.39 is 5.97 Å². The molecule has 2 rings (SSSR count). The number of halogens is 3. The minimum atomic E-state index is -0.494. The van der Waals surface area contributed by atoms with E-state index in [0.717, 1.165) is 5.56 Å². The molecule has 0 atom stereocenters. The zero-order valence-corrected chi connectivity index (χ0v) is 12.1. The molecule has 0 N–H and O–H groups in total. The summed E-state index contributed by atoms with van der Waals surface area (Å²) in [5.74, 6) is -0.494. The van der Waals surface area contributed by atoms with Gasteiger partial charge < -0.3 is 4.74 Å². The van der Waals surface area contributed by atoms with Crippen LogP contribution in [0.2, 0.25) is 15.1 Å². The van der Waals surface area contributed by atoms with Gasteiger partial charge in [0.05, 0.1) is 22.2 Å². The van der Waals surface area contributed by atoms with Gasteiger partial charge in [0, 0.05) is 17.3 Å². The lowest BCUT2D eigenvalue weighted by atomic mass is 10.1. The third kappa shape index (κ3) is 3.00. The highest BCUT2D eigenvalue weighted by Gasteiger charge is 2.11. The first-order chi connectivity index (χ1) is 9.02. The van der Waals surface area contributed by atoms with E-state index >= 15 is 0 Å². The van der Waals surface area contributed by atoms with E-state index in [4.69, 9.17) is 34.8 Å². The van der Waals surface area contributed by atoms with Gasteiger partial charge in [-0.3, -0.25) is 0 Å². The monoisotopic (exact) mass is 315 g/mol. The van der Waals surface area contributed by atoms with Gasteiger partial charge in [0.2, 0.25) is 0 Å². The van der Waals surface area contributed by atoms with Crippen molar-refractivity contribution in [1.29, 1.82) is 0 Å². The lowest BCUT2D eigenvalue weighted by Crippen LogP contribution is -2.03. The minimum absolute atomic E-state index is 0.224. The number of benzene rings is 1. The number of hydrogen-bond acceptors (Lipinski definition) is 3. The summed E-state index contributed by atoms with van der Waals surface area (Å²) in [6, 6.07) is 6.49. The van der Waals surface area contributed by atoms with Crippen molar-refractivity contribution < 1.29 is 9.53 Å². The smallest absolute Gasteiger partial charge is 0.356 e. The largest absolute Gasteiger partial charge is 0.464 e. The minimum Gasteiger partial charge on any atom is -0.464 e. The number of aromatic nitrogens is 1. The van der Waals surface area contributed by atoms with Gasteiger partial charge in [-0.05, 0) is 18.2 Å². The number of nitrogens with zero attached hydrogens (tertiary/aromatic N) is 1. The summed E-state index contributed by atoms with van der Waals surface area (Å²) in [5.41, 5.74) is 1.65. The van der Waals surface area contributed by atoms with Crippen LogP contribution in [-0.2, 0) is 4.74 Å². The van der Waals surface area contributed by atoms with E-state index in [1.807, 2.05) is 0 Å². The molecule has 0 fully saturated rings. The molecule has 19 heavy (non-hydrogen) atoms. The Hall–Kier alpha value is -1.29. The van der Waals surface area contributed by atoms with Crippen molar-refractivity contribution in [3.63, 3.8) is 0 Å². The SMILES string of the molecule is COC(=O)c1ccc(-c2cc(Cl)c(Cl)cc2Cl)cn1. The van der Waals surface area contributed by atoms with Gasteiger partial charge in [0.25, 0.3) is 0 Å². The van der Waals surface area contributed by atoms with Gasteiger partial charge in [0.15, 0.2) is 0 Å². The number of carbonyl (C=O) groups is 1. The zero-order valence-electron chi connectivity index (χ0n) is 9.78. The zero-order chi connectivity index (χ0) is 14.0. The van der Waals surface area contributed by atoms with Crippen molar-refractivity contribution in [1.82, 2.24) is 4.98 Å². The highest BCUT2D eigenvalue weighted by atomic mass is 35.5. The van der Waals surface area contributed by atoms with E-state index in [9.17, 15) is 4.79 Å². The normalized spacial score (nSPS) is 10.3. The first-order valence-electron chi connectivity index (χ1n) is 5.22. The van der Waals surface area contributed by atoms with Gasteiger partial charge in [-0.2, -0.15) is 0 Å². The Labute approximate surface area is 125 Å². The molecule has 0 bridgehead atoms. The molecule has 0 amide bonds. The van der Waals surface area contributed by atoms with Crippen LogP contribution in [0.15, 0.2) is 30.5 Å². The number of methoxy groups -OCH3 is 1. The molecule has 0 unspecified atom stereocenters. The standard InChI is InChI=1S/C13H8Cl3NO2/c1-19-13(18)12-3-2-7(6-17-12)8-4-10(15)11(16)5-9(8)14/h2-6H,1H3. The lowest BCUT2D eigenvalue weighted by molar-refractivity contribution is 0.0594. The fourth-order valence-corrected chi connectivity index (χ4v) is 2.18. The Morgan fingerprint density at radius 1 is 1.11 bits per heavy atom. The summed E-state index contributed by atoms with van der Waals surface area (Å²) >= 11 is 17.9. The molecule has 1 aromatic carbocycles. The Balaban J connectivity index is 2.43. The predicted octanol–water partition coefficient (Wildman–Crippen LogP) is 4.50. The maximum Gasteiger partial charge on any atom is 0.356 e. The molecular weight excluding hydrogens is 309 g/mol. The molecule has 6 heteroatoms. The molecule has 0 saturated heterocycles. The molecule has 0 radical (unpaired) electrons. The maximum absolute atomic E-state index is 11.3. The Morgan fingerprint density at radius 2 is 1.79 bits per heavy atom. The molecule has 0 aliphatic rings. The third-order valence-electron chi connectivity index (χ3n) is 2.48. The summed E-state index contributed by atoms with van der Waals surface area (Å²) in [4.78, 5) is 15.3. The van der Waals surface area contributed by atoms with E-state index in [2.05, 4.69) is 9.72 Å². The molecule has 3 nitrogen and oxygen atoms in total. The van der Waals surface area contributed by atoms with Gasteiger partial charge in [-0.15, -0.1) is 0 Å². The van der Waals surface area contributed by atoms with Crippen LogP contribution in [0.5, 0.6) is 0 Å². The van der Waals surface area contributed by atoms with Crippen molar-refractivity contribution in [3.05, 3.63) is 51.2 Å². The molecular formula is C13H8Cl3NO2. The third-order valence-corrected chi connectivity index (χ3v) is 3.51. The van der Waals surface area contributed by atoms with Crippen LogP contribution in [-0.4, -0.2) is 18.1 Å². The second kappa shape index (κ2) is 5.78. The molecule has 0 saturated carbocycles. The van der Waals surface area contributed by atoms with Crippen LogP contribution in [0.25, 0.3) is 11.1 Å². The van der Waals surface area contributed by atoms with Gasteiger partial charge in [0.1, 0.15) is 5.69 Å². The molecule has 0 aliphatic heterocycles. The second-order valence-electron chi connectivity index (χ2n) is 3.67. The first-order valence-corrected chi connectivity index (χ1v) is 6.35. The highest BCUT2D eigenvalue weighted by Crippen LogP contribution is 2.34. The number of esters is 1. The van der Waals surface area contributed by atoms with E-state index in [1.165, 1.54) is 13.3 Å². The van der Waals surface area contributed by atoms with Gasteiger partial charge >= 0.3 is 5.97 Å². The van der Waals surface area contributed by atoms with E-state index in [1.54, 1.807) is 24.3 Å². The van der Waals surface area contributed by atoms with E-state index in [-0.39, 0.29) is 5.69 Å². The Morgan fingerprint density at radius 3 is 2.37 bits per heavy atom. The number of rotatable bonds is 2. The topological polar surface area (TPSA) is 39.2 Å². The van der Waals surface area contributed by atoms with Gasteiger partial charge in [-0.25, -0.2) is 9.78 Å². The van der Waals surface area contributed by atoms with Crippen LogP contribution in [0, 0.1) is 0 Å². The molecule has 98 valence electrons. The second-order valence-corrected chi connectivity index (χ2v) is 4.89. The van der Waals surface area contributed by atoms with Crippen molar-refractivity contribution >= 4 is 40.8 Å². The highest BCUT2D eigenvalue weighted by molar-refractivity contribution is 6.44. The molecule has 0 spiro atoms. The fourth-order valence-electron chi connectivity index (χ4n) is 1.52. The number of carbonyl (C=O) groups excluding carboxylic acids is 1. The summed E-state index contributed by atoms with van der Waals surface area (Å²) in [7, 11) is 1.30. The van der Waals surface area contributed by atoms with Crippen LogP contribution in [0.4, 0.5) is 0 Å². The fraction of sp³-hybridized carbons (Fsp3) is 0.0769. The van der Waals surface area contributed by atoms with Crippen molar-refractivity contribution in [2.24, 2.45) is 0 Å². The first kappa shape index (κ1) is 14.1. The van der Waals surface area contributed by atoms with Crippen molar-refractivity contribution in [2.75, 3.05) is 7.11 Å².